The Kier molecular flexibility index (Phi) is 3.36. The molecule has 4 rings (SSSR count). The molecule has 2 saturated heterocycles. The number of carbonyl (C=O) groups excluding carboxylic acids is 1. The Morgan fingerprint density at radius 1 is 1.23 bits per heavy atom. The van der Waals surface area contributed by atoms with Crippen LogP contribution in [0.1, 0.15) is 24.6 Å². The van der Waals surface area contributed by atoms with Crippen LogP contribution < -0.4 is 9.80 Å². The van der Waals surface area contributed by atoms with E-state index in [2.05, 4.69) is 4.98 Å². The maximum Gasteiger partial charge on any atom is 0.290 e. The summed E-state index contributed by atoms with van der Waals surface area (Å²) in [5.41, 5.74) is 2.00. The quantitative estimate of drug-likeness (QED) is 0.918. The van der Waals surface area contributed by atoms with Crippen LogP contribution in [0.2, 0.25) is 5.02 Å². The van der Waals surface area contributed by atoms with Gasteiger partial charge in [0.15, 0.2) is 12.2 Å². The fourth-order valence-corrected chi connectivity index (χ4v) is 3.94. The normalized spacial score (nSPS) is 27.2. The second kappa shape index (κ2) is 5.38. The van der Waals surface area contributed by atoms with E-state index in [-0.39, 0.29) is 18.1 Å². The third kappa shape index (κ3) is 2.11. The first-order valence-corrected chi connectivity index (χ1v) is 7.97. The van der Waals surface area contributed by atoms with E-state index in [1.54, 1.807) is 12.4 Å². The van der Waals surface area contributed by atoms with Crippen molar-refractivity contribution in [1.82, 2.24) is 4.98 Å². The van der Waals surface area contributed by atoms with Gasteiger partial charge in [0, 0.05) is 35.8 Å². The molecule has 2 aliphatic rings. The van der Waals surface area contributed by atoms with Crippen LogP contribution in [0.4, 0.5) is 5.69 Å². The molecule has 4 nitrogen and oxygen atoms in total. The van der Waals surface area contributed by atoms with Gasteiger partial charge in [-0.1, -0.05) is 17.7 Å². The van der Waals surface area contributed by atoms with Gasteiger partial charge in [0.1, 0.15) is 0 Å². The van der Waals surface area contributed by atoms with Crippen molar-refractivity contribution in [3.8, 4) is 0 Å². The lowest BCUT2D eigenvalue weighted by molar-refractivity contribution is -0.924. The first-order valence-electron chi connectivity index (χ1n) is 7.60. The Morgan fingerprint density at radius 3 is 2.82 bits per heavy atom. The lowest BCUT2D eigenvalue weighted by atomic mass is 10.1. The number of carbonyl (C=O) groups is 1. The molecule has 112 valence electrons. The summed E-state index contributed by atoms with van der Waals surface area (Å²) in [6.45, 7) is 1.03. The van der Waals surface area contributed by atoms with Crippen LogP contribution in [0.25, 0.3) is 0 Å². The molecule has 0 bridgehead atoms. The molecule has 5 heteroatoms. The zero-order valence-corrected chi connectivity index (χ0v) is 12.8. The molecular formula is C17H17ClN3O+. The van der Waals surface area contributed by atoms with E-state index in [1.807, 2.05) is 41.3 Å². The summed E-state index contributed by atoms with van der Waals surface area (Å²) in [5, 5.41) is 0.654. The first-order chi connectivity index (χ1) is 10.8. The Labute approximate surface area is 134 Å². The van der Waals surface area contributed by atoms with Gasteiger partial charge in [-0.05, 0) is 30.3 Å². The highest BCUT2D eigenvalue weighted by Crippen LogP contribution is 2.31. The third-order valence-corrected chi connectivity index (χ3v) is 4.89. The van der Waals surface area contributed by atoms with Crippen LogP contribution in [0.5, 0.6) is 0 Å². The van der Waals surface area contributed by atoms with E-state index in [4.69, 9.17) is 11.6 Å². The topological polar surface area (TPSA) is 37.6 Å². The molecule has 3 heterocycles. The largest absolute Gasteiger partial charge is 0.301 e. The second-order valence-electron chi connectivity index (χ2n) is 5.89. The SMILES string of the molecule is O=C1[C@H]2CCC[NH+]2[C@H](c2ccncc2)N1c1cccc(Cl)c1. The van der Waals surface area contributed by atoms with Gasteiger partial charge in [0.25, 0.3) is 5.91 Å². The van der Waals surface area contributed by atoms with Gasteiger partial charge in [0.05, 0.1) is 12.2 Å². The summed E-state index contributed by atoms with van der Waals surface area (Å²) >= 11 is 6.13. The Morgan fingerprint density at radius 2 is 2.05 bits per heavy atom. The van der Waals surface area contributed by atoms with Gasteiger partial charge < -0.3 is 4.90 Å². The van der Waals surface area contributed by atoms with E-state index < -0.39 is 0 Å². The number of nitrogens with zero attached hydrogens (tertiary/aromatic N) is 2. The smallest absolute Gasteiger partial charge is 0.290 e. The standard InChI is InChI=1S/C17H16ClN3O/c18-13-3-1-4-14(11-13)21-16(12-6-8-19-9-7-12)20-10-2-5-15(20)17(21)22/h1,3-4,6-9,11,15-16H,2,5,10H2/p+1/t15-,16+/m1/s1. The maximum atomic E-state index is 12.9. The minimum absolute atomic E-state index is 0.0152. The van der Waals surface area contributed by atoms with Gasteiger partial charge in [-0.25, -0.2) is 0 Å². The molecule has 2 aromatic rings. The van der Waals surface area contributed by atoms with Gasteiger partial charge in [-0.3, -0.25) is 14.7 Å². The molecule has 3 atom stereocenters. The molecule has 1 amide bonds. The molecule has 1 unspecified atom stereocenters. The number of rotatable bonds is 2. The van der Waals surface area contributed by atoms with Crippen molar-refractivity contribution < 1.29 is 9.69 Å². The minimum Gasteiger partial charge on any atom is -0.301 e. The van der Waals surface area contributed by atoms with Crippen molar-refractivity contribution >= 4 is 23.2 Å². The average Bonchev–Trinajstić information content (AvgIpc) is 3.10. The van der Waals surface area contributed by atoms with Crippen LogP contribution in [0.15, 0.2) is 48.8 Å². The van der Waals surface area contributed by atoms with E-state index in [9.17, 15) is 4.79 Å². The van der Waals surface area contributed by atoms with Gasteiger partial charge in [0.2, 0.25) is 0 Å². The number of anilines is 1. The van der Waals surface area contributed by atoms with Crippen molar-refractivity contribution in [2.75, 3.05) is 11.4 Å². The van der Waals surface area contributed by atoms with Gasteiger partial charge >= 0.3 is 0 Å². The van der Waals surface area contributed by atoms with Crippen molar-refractivity contribution in [2.24, 2.45) is 0 Å². The number of pyridine rings is 1. The van der Waals surface area contributed by atoms with Crippen LogP contribution >= 0.6 is 11.6 Å². The second-order valence-corrected chi connectivity index (χ2v) is 6.33. The summed E-state index contributed by atoms with van der Waals surface area (Å²) in [5.74, 6) is 0.205. The van der Waals surface area contributed by atoms with Crippen LogP contribution in [0, 0.1) is 0 Å². The fourth-order valence-electron chi connectivity index (χ4n) is 3.75. The zero-order valence-electron chi connectivity index (χ0n) is 12.1. The van der Waals surface area contributed by atoms with E-state index in [0.717, 1.165) is 30.6 Å². The minimum atomic E-state index is 0.0152. The van der Waals surface area contributed by atoms with Crippen LogP contribution in [-0.2, 0) is 4.79 Å². The molecule has 1 aromatic heterocycles. The molecule has 22 heavy (non-hydrogen) atoms. The van der Waals surface area contributed by atoms with Gasteiger partial charge in [-0.2, -0.15) is 0 Å². The molecule has 2 aliphatic heterocycles. The van der Waals surface area contributed by atoms with E-state index >= 15 is 0 Å². The van der Waals surface area contributed by atoms with E-state index in [0.29, 0.717) is 5.02 Å². The highest BCUT2D eigenvalue weighted by atomic mass is 35.5. The molecular weight excluding hydrogens is 298 g/mol. The first kappa shape index (κ1) is 13.7. The van der Waals surface area contributed by atoms with Crippen molar-refractivity contribution in [3.05, 3.63) is 59.4 Å². The summed E-state index contributed by atoms with van der Waals surface area (Å²) in [6.07, 6.45) is 5.67. The number of aromatic nitrogens is 1. The molecule has 2 fully saturated rings. The predicted molar refractivity (Wildman–Crippen MR) is 84.8 cm³/mol. The lowest BCUT2D eigenvalue weighted by Gasteiger charge is -2.26. The molecule has 1 N–H and O–H groups in total. The van der Waals surface area contributed by atoms with Crippen LogP contribution in [0.3, 0.4) is 0 Å². The molecule has 1 aromatic carbocycles. The molecule has 0 saturated carbocycles. The Hall–Kier alpha value is -1.91. The number of hydrogen-bond acceptors (Lipinski definition) is 2. The predicted octanol–water partition coefficient (Wildman–Crippen LogP) is 1.83. The number of halogens is 1. The highest BCUT2D eigenvalue weighted by Gasteiger charge is 2.53. The summed E-state index contributed by atoms with van der Waals surface area (Å²) in [6, 6.07) is 11.6. The molecule has 0 radical (unpaired) electrons. The fraction of sp³-hybridized carbons (Fsp3) is 0.294. The Balaban J connectivity index is 1.82. The monoisotopic (exact) mass is 314 g/mol. The van der Waals surface area contributed by atoms with Crippen molar-refractivity contribution in [1.29, 1.82) is 0 Å². The van der Waals surface area contributed by atoms with Crippen LogP contribution in [-0.4, -0.2) is 23.5 Å². The zero-order chi connectivity index (χ0) is 15.1. The number of hydrogen-bond donors (Lipinski definition) is 1. The average molecular weight is 315 g/mol. The Bertz CT molecular complexity index is 706. The van der Waals surface area contributed by atoms with Gasteiger partial charge in [-0.15, -0.1) is 0 Å². The highest BCUT2D eigenvalue weighted by molar-refractivity contribution is 6.30. The number of amides is 1. The number of benzene rings is 1. The third-order valence-electron chi connectivity index (χ3n) is 4.66. The number of fused-ring (bicyclic) bond motifs is 1. The van der Waals surface area contributed by atoms with Crippen molar-refractivity contribution in [3.63, 3.8) is 0 Å². The van der Waals surface area contributed by atoms with Crippen molar-refractivity contribution in [2.45, 2.75) is 25.0 Å². The summed E-state index contributed by atoms with van der Waals surface area (Å²) in [7, 11) is 0. The lowest BCUT2D eigenvalue weighted by Crippen LogP contribution is -3.12. The maximum absolute atomic E-state index is 12.9. The molecule has 0 spiro atoms. The van der Waals surface area contributed by atoms with E-state index in [1.165, 1.54) is 4.90 Å². The molecule has 0 aliphatic carbocycles. The summed E-state index contributed by atoms with van der Waals surface area (Å²) < 4.78 is 0. The number of quaternary nitrogens is 1. The summed E-state index contributed by atoms with van der Waals surface area (Å²) in [4.78, 5) is 20.3. The number of nitrogens with one attached hydrogen (secondary N) is 1.